The average molecular weight is 248 g/mol. The van der Waals surface area contributed by atoms with Gasteiger partial charge in [0.25, 0.3) is 0 Å². The number of ether oxygens (including phenoxy) is 1. The zero-order valence-electron chi connectivity index (χ0n) is 10.3. The van der Waals surface area contributed by atoms with Crippen LogP contribution in [-0.4, -0.2) is 25.5 Å². The van der Waals surface area contributed by atoms with E-state index in [1.54, 1.807) is 12.0 Å². The number of primary amides is 1. The maximum Gasteiger partial charge on any atom is 0.230 e. The van der Waals surface area contributed by atoms with Crippen molar-refractivity contribution in [1.29, 1.82) is 0 Å². The number of carbonyl (C=O) groups is 2. The summed E-state index contributed by atoms with van der Waals surface area (Å²) in [6, 6.07) is 7.29. The third-order valence-electron chi connectivity index (χ3n) is 3.15. The Bertz CT molecular complexity index is 456. The lowest BCUT2D eigenvalue weighted by Crippen LogP contribution is -2.28. The predicted octanol–water partition coefficient (Wildman–Crippen LogP) is 0.923. The lowest BCUT2D eigenvalue weighted by atomic mass is 10.0. The summed E-state index contributed by atoms with van der Waals surface area (Å²) in [5.41, 5.74) is 5.96. The summed E-state index contributed by atoms with van der Waals surface area (Å²) in [4.78, 5) is 24.6. The van der Waals surface area contributed by atoms with Gasteiger partial charge in [-0.3, -0.25) is 9.59 Å². The van der Waals surface area contributed by atoms with Crippen LogP contribution >= 0.6 is 0 Å². The van der Waals surface area contributed by atoms with Crippen LogP contribution < -0.4 is 15.4 Å². The summed E-state index contributed by atoms with van der Waals surface area (Å²) in [5.74, 6) is 0.0209. The van der Waals surface area contributed by atoms with Crippen LogP contribution in [0.25, 0.3) is 0 Å². The van der Waals surface area contributed by atoms with Gasteiger partial charge in [0.2, 0.25) is 11.8 Å². The summed E-state index contributed by atoms with van der Waals surface area (Å²) in [6.07, 6.45) is 0.805. The van der Waals surface area contributed by atoms with E-state index >= 15 is 0 Å². The van der Waals surface area contributed by atoms with E-state index in [-0.39, 0.29) is 18.2 Å². The van der Waals surface area contributed by atoms with Gasteiger partial charge in [0, 0.05) is 24.6 Å². The SMILES string of the molecule is COc1ccc(N2CCC(CC(N)=O)C2=O)cc1. The Kier molecular flexibility index (Phi) is 3.50. The van der Waals surface area contributed by atoms with Crippen LogP contribution in [0.1, 0.15) is 12.8 Å². The van der Waals surface area contributed by atoms with Crippen molar-refractivity contribution in [2.24, 2.45) is 11.7 Å². The Balaban J connectivity index is 2.10. The molecule has 2 N–H and O–H groups in total. The van der Waals surface area contributed by atoms with Gasteiger partial charge in [0.15, 0.2) is 0 Å². The molecule has 0 bridgehead atoms. The second-order valence-corrected chi connectivity index (χ2v) is 4.34. The number of nitrogens with zero attached hydrogens (tertiary/aromatic N) is 1. The number of methoxy groups -OCH3 is 1. The van der Waals surface area contributed by atoms with E-state index in [1.165, 1.54) is 0 Å². The van der Waals surface area contributed by atoms with Gasteiger partial charge >= 0.3 is 0 Å². The van der Waals surface area contributed by atoms with Gasteiger partial charge in [-0.15, -0.1) is 0 Å². The number of rotatable bonds is 4. The Labute approximate surface area is 106 Å². The normalized spacial score (nSPS) is 19.1. The quantitative estimate of drug-likeness (QED) is 0.861. The monoisotopic (exact) mass is 248 g/mol. The van der Waals surface area contributed by atoms with E-state index in [9.17, 15) is 9.59 Å². The zero-order chi connectivity index (χ0) is 13.1. The Morgan fingerprint density at radius 3 is 2.67 bits per heavy atom. The average Bonchev–Trinajstić information content (AvgIpc) is 2.71. The molecule has 1 saturated heterocycles. The van der Waals surface area contributed by atoms with Crippen molar-refractivity contribution in [3.63, 3.8) is 0 Å². The highest BCUT2D eigenvalue weighted by atomic mass is 16.5. The molecule has 0 aliphatic carbocycles. The smallest absolute Gasteiger partial charge is 0.230 e. The zero-order valence-corrected chi connectivity index (χ0v) is 10.3. The first kappa shape index (κ1) is 12.4. The highest BCUT2D eigenvalue weighted by Crippen LogP contribution is 2.28. The third kappa shape index (κ3) is 2.45. The molecule has 0 spiro atoms. The van der Waals surface area contributed by atoms with Crippen molar-refractivity contribution >= 4 is 17.5 Å². The van der Waals surface area contributed by atoms with Gasteiger partial charge in [-0.05, 0) is 30.7 Å². The van der Waals surface area contributed by atoms with E-state index in [4.69, 9.17) is 10.5 Å². The fourth-order valence-corrected chi connectivity index (χ4v) is 2.19. The molecule has 1 aliphatic heterocycles. The fraction of sp³-hybridized carbons (Fsp3) is 0.385. The largest absolute Gasteiger partial charge is 0.497 e. The van der Waals surface area contributed by atoms with Crippen LogP contribution in [0.4, 0.5) is 5.69 Å². The molecular formula is C13H16N2O3. The molecule has 1 fully saturated rings. The van der Waals surface area contributed by atoms with Gasteiger partial charge in [-0.2, -0.15) is 0 Å². The maximum absolute atomic E-state index is 12.1. The molecule has 0 saturated carbocycles. The predicted molar refractivity (Wildman–Crippen MR) is 67.3 cm³/mol. The van der Waals surface area contributed by atoms with Gasteiger partial charge in [-0.25, -0.2) is 0 Å². The number of hydrogen-bond acceptors (Lipinski definition) is 3. The first-order valence-electron chi connectivity index (χ1n) is 5.85. The van der Waals surface area contributed by atoms with Crippen molar-refractivity contribution in [3.05, 3.63) is 24.3 Å². The van der Waals surface area contributed by atoms with Crippen LogP contribution in [0.15, 0.2) is 24.3 Å². The Morgan fingerprint density at radius 2 is 2.11 bits per heavy atom. The molecule has 2 amide bonds. The number of nitrogens with two attached hydrogens (primary N) is 1. The van der Waals surface area contributed by atoms with Crippen LogP contribution in [0.2, 0.25) is 0 Å². The minimum atomic E-state index is -0.426. The van der Waals surface area contributed by atoms with Crippen molar-refractivity contribution in [3.8, 4) is 5.75 Å². The van der Waals surface area contributed by atoms with E-state index in [1.807, 2.05) is 24.3 Å². The van der Waals surface area contributed by atoms with Gasteiger partial charge in [0.1, 0.15) is 5.75 Å². The Morgan fingerprint density at radius 1 is 1.44 bits per heavy atom. The molecule has 1 unspecified atom stereocenters. The summed E-state index contributed by atoms with van der Waals surface area (Å²) in [7, 11) is 1.60. The highest BCUT2D eigenvalue weighted by molar-refractivity contribution is 5.99. The second-order valence-electron chi connectivity index (χ2n) is 4.34. The topological polar surface area (TPSA) is 72.6 Å². The molecule has 0 radical (unpaired) electrons. The van der Waals surface area contributed by atoms with Crippen LogP contribution in [-0.2, 0) is 9.59 Å². The number of benzene rings is 1. The first-order valence-corrected chi connectivity index (χ1v) is 5.85. The van der Waals surface area contributed by atoms with E-state index in [2.05, 4.69) is 0 Å². The molecule has 5 nitrogen and oxygen atoms in total. The Hall–Kier alpha value is -2.04. The third-order valence-corrected chi connectivity index (χ3v) is 3.15. The fourth-order valence-electron chi connectivity index (χ4n) is 2.19. The van der Waals surface area contributed by atoms with Crippen molar-refractivity contribution in [2.75, 3.05) is 18.6 Å². The van der Waals surface area contributed by atoms with Crippen LogP contribution in [0, 0.1) is 5.92 Å². The van der Waals surface area contributed by atoms with Gasteiger partial charge in [-0.1, -0.05) is 0 Å². The molecule has 1 aromatic carbocycles. The van der Waals surface area contributed by atoms with Crippen molar-refractivity contribution in [2.45, 2.75) is 12.8 Å². The molecular weight excluding hydrogens is 232 g/mol. The summed E-state index contributed by atoms with van der Waals surface area (Å²) in [5, 5.41) is 0. The molecule has 96 valence electrons. The van der Waals surface area contributed by atoms with E-state index in [0.29, 0.717) is 13.0 Å². The summed E-state index contributed by atoms with van der Waals surface area (Å²) >= 11 is 0. The van der Waals surface area contributed by atoms with Crippen LogP contribution in [0.3, 0.4) is 0 Å². The first-order chi connectivity index (χ1) is 8.61. The molecule has 1 atom stereocenters. The summed E-state index contributed by atoms with van der Waals surface area (Å²) < 4.78 is 5.07. The lowest BCUT2D eigenvalue weighted by Gasteiger charge is -2.16. The number of amides is 2. The molecule has 2 rings (SSSR count). The molecule has 0 aromatic heterocycles. The van der Waals surface area contributed by atoms with Gasteiger partial charge < -0.3 is 15.4 Å². The van der Waals surface area contributed by atoms with E-state index in [0.717, 1.165) is 11.4 Å². The minimum absolute atomic E-state index is 0.0287. The van der Waals surface area contributed by atoms with Gasteiger partial charge in [0.05, 0.1) is 7.11 Å². The molecule has 1 aliphatic rings. The minimum Gasteiger partial charge on any atom is -0.497 e. The number of anilines is 1. The van der Waals surface area contributed by atoms with Crippen LogP contribution in [0.5, 0.6) is 5.75 Å². The molecule has 1 aromatic rings. The highest BCUT2D eigenvalue weighted by Gasteiger charge is 2.33. The number of carbonyl (C=O) groups excluding carboxylic acids is 2. The van der Waals surface area contributed by atoms with Crippen molar-refractivity contribution in [1.82, 2.24) is 0 Å². The molecule has 5 heteroatoms. The molecule has 18 heavy (non-hydrogen) atoms. The lowest BCUT2D eigenvalue weighted by molar-refractivity contribution is -0.125. The maximum atomic E-state index is 12.1. The molecule has 1 heterocycles. The van der Waals surface area contributed by atoms with Crippen molar-refractivity contribution < 1.29 is 14.3 Å². The second kappa shape index (κ2) is 5.08. The summed E-state index contributed by atoms with van der Waals surface area (Å²) in [6.45, 7) is 0.628. The number of hydrogen-bond donors (Lipinski definition) is 1. The standard InChI is InChI=1S/C13H16N2O3/c1-18-11-4-2-10(3-5-11)15-7-6-9(13(15)17)8-12(14)16/h2-5,9H,6-8H2,1H3,(H2,14,16). The van der Waals surface area contributed by atoms with E-state index < -0.39 is 5.91 Å².